The fourth-order valence-electron chi connectivity index (χ4n) is 2.74. The molecule has 0 radical (unpaired) electrons. The number of nitrogens with zero attached hydrogens (tertiary/aromatic N) is 2. The summed E-state index contributed by atoms with van der Waals surface area (Å²) in [7, 11) is 1.66. The van der Waals surface area contributed by atoms with Crippen LogP contribution in [-0.4, -0.2) is 36.4 Å². The van der Waals surface area contributed by atoms with Crippen molar-refractivity contribution in [2.75, 3.05) is 20.3 Å². The van der Waals surface area contributed by atoms with Gasteiger partial charge in [-0.25, -0.2) is 0 Å². The summed E-state index contributed by atoms with van der Waals surface area (Å²) in [6.45, 7) is 3.23. The standard InChI is InChI=1S/C17H21N3O4/c1-12(21)18-11-13-3-5-14(6-4-13)15-19-16(20-24-15)17(22-2)7-9-23-10-8-17/h3-6H,7-11H2,1-2H3,(H,18,21). The van der Waals surface area contributed by atoms with Crippen LogP contribution in [0.4, 0.5) is 0 Å². The van der Waals surface area contributed by atoms with Crippen molar-refractivity contribution in [3.63, 3.8) is 0 Å². The van der Waals surface area contributed by atoms with E-state index < -0.39 is 5.60 Å². The van der Waals surface area contributed by atoms with Crippen LogP contribution in [0.3, 0.4) is 0 Å². The summed E-state index contributed by atoms with van der Waals surface area (Å²) in [6, 6.07) is 7.65. The lowest BCUT2D eigenvalue weighted by Crippen LogP contribution is -2.36. The van der Waals surface area contributed by atoms with Crippen molar-refractivity contribution in [1.82, 2.24) is 15.5 Å². The van der Waals surface area contributed by atoms with E-state index in [4.69, 9.17) is 14.0 Å². The van der Waals surface area contributed by atoms with Crippen LogP contribution in [0.5, 0.6) is 0 Å². The van der Waals surface area contributed by atoms with Gasteiger partial charge in [0, 0.05) is 52.2 Å². The van der Waals surface area contributed by atoms with Gasteiger partial charge < -0.3 is 19.3 Å². The van der Waals surface area contributed by atoms with Crippen LogP contribution in [0.1, 0.15) is 31.2 Å². The quantitative estimate of drug-likeness (QED) is 0.902. The van der Waals surface area contributed by atoms with Gasteiger partial charge in [0.2, 0.25) is 11.7 Å². The minimum absolute atomic E-state index is 0.0538. The van der Waals surface area contributed by atoms with Gasteiger partial charge >= 0.3 is 0 Å². The molecule has 1 amide bonds. The molecule has 0 atom stereocenters. The van der Waals surface area contributed by atoms with Crippen LogP contribution in [0.15, 0.2) is 28.8 Å². The van der Waals surface area contributed by atoms with Crippen molar-refractivity contribution in [2.24, 2.45) is 0 Å². The third kappa shape index (κ3) is 3.47. The molecule has 7 nitrogen and oxygen atoms in total. The maximum absolute atomic E-state index is 11.0. The average Bonchev–Trinajstić information content (AvgIpc) is 3.11. The van der Waals surface area contributed by atoms with Gasteiger partial charge in [0.15, 0.2) is 0 Å². The molecule has 1 fully saturated rings. The molecule has 1 aliphatic rings. The Morgan fingerprint density at radius 3 is 2.62 bits per heavy atom. The first-order valence-corrected chi connectivity index (χ1v) is 7.94. The zero-order chi connectivity index (χ0) is 17.0. The molecule has 1 aromatic carbocycles. The zero-order valence-electron chi connectivity index (χ0n) is 13.9. The lowest BCUT2D eigenvalue weighted by Gasteiger charge is -2.32. The van der Waals surface area contributed by atoms with Crippen LogP contribution in [0, 0.1) is 0 Å². The second-order valence-corrected chi connectivity index (χ2v) is 5.84. The van der Waals surface area contributed by atoms with E-state index in [9.17, 15) is 4.79 Å². The molecule has 0 saturated carbocycles. The Hall–Kier alpha value is -2.25. The third-order valence-electron chi connectivity index (χ3n) is 4.27. The van der Waals surface area contributed by atoms with Gasteiger partial charge in [0.05, 0.1) is 0 Å². The Kier molecular flexibility index (Phi) is 4.92. The van der Waals surface area contributed by atoms with E-state index in [1.807, 2.05) is 24.3 Å². The molecule has 1 saturated heterocycles. The van der Waals surface area contributed by atoms with Gasteiger partial charge in [-0.3, -0.25) is 4.79 Å². The number of ether oxygens (including phenoxy) is 2. The number of aromatic nitrogens is 2. The number of amides is 1. The maximum atomic E-state index is 11.0. The molecular formula is C17H21N3O4. The highest BCUT2D eigenvalue weighted by Crippen LogP contribution is 2.34. The van der Waals surface area contributed by atoms with Crippen molar-refractivity contribution in [3.8, 4) is 11.5 Å². The first kappa shape index (κ1) is 16.6. The predicted octanol–water partition coefficient (Wildman–Crippen LogP) is 2.02. The van der Waals surface area contributed by atoms with Crippen molar-refractivity contribution in [3.05, 3.63) is 35.7 Å². The topological polar surface area (TPSA) is 86.5 Å². The van der Waals surface area contributed by atoms with E-state index in [0.717, 1.165) is 11.1 Å². The van der Waals surface area contributed by atoms with Gasteiger partial charge in [-0.2, -0.15) is 4.98 Å². The highest BCUT2D eigenvalue weighted by molar-refractivity contribution is 5.72. The minimum atomic E-state index is -0.536. The van der Waals surface area contributed by atoms with Gasteiger partial charge in [0.1, 0.15) is 5.60 Å². The molecular weight excluding hydrogens is 310 g/mol. The molecule has 1 N–H and O–H groups in total. The van der Waals surface area contributed by atoms with E-state index in [1.165, 1.54) is 6.92 Å². The second-order valence-electron chi connectivity index (χ2n) is 5.84. The van der Waals surface area contributed by atoms with Crippen molar-refractivity contribution < 1.29 is 18.8 Å². The Morgan fingerprint density at radius 2 is 2.00 bits per heavy atom. The molecule has 0 spiro atoms. The molecule has 7 heteroatoms. The van der Waals surface area contributed by atoms with E-state index >= 15 is 0 Å². The maximum Gasteiger partial charge on any atom is 0.258 e. The highest BCUT2D eigenvalue weighted by atomic mass is 16.5. The third-order valence-corrected chi connectivity index (χ3v) is 4.27. The number of nitrogens with one attached hydrogen (secondary N) is 1. The first-order chi connectivity index (χ1) is 11.6. The number of carbonyl (C=O) groups is 1. The molecule has 1 aromatic heterocycles. The highest BCUT2D eigenvalue weighted by Gasteiger charge is 2.39. The molecule has 1 aliphatic heterocycles. The number of methoxy groups -OCH3 is 1. The second kappa shape index (κ2) is 7.11. The van der Waals surface area contributed by atoms with Gasteiger partial charge in [0.25, 0.3) is 5.89 Å². The minimum Gasteiger partial charge on any atom is -0.381 e. The summed E-state index contributed by atoms with van der Waals surface area (Å²) >= 11 is 0. The van der Waals surface area contributed by atoms with Crippen LogP contribution >= 0.6 is 0 Å². The van der Waals surface area contributed by atoms with Crippen LogP contribution in [-0.2, 0) is 26.4 Å². The molecule has 0 unspecified atom stereocenters. The monoisotopic (exact) mass is 331 g/mol. The van der Waals surface area contributed by atoms with Crippen LogP contribution < -0.4 is 5.32 Å². The summed E-state index contributed by atoms with van der Waals surface area (Å²) in [4.78, 5) is 15.5. The number of carbonyl (C=O) groups excluding carboxylic acids is 1. The summed E-state index contributed by atoms with van der Waals surface area (Å²) in [5.74, 6) is 0.964. The number of rotatable bonds is 5. The van der Waals surface area contributed by atoms with Gasteiger partial charge in [-0.05, 0) is 17.7 Å². The van der Waals surface area contributed by atoms with Gasteiger partial charge in [-0.15, -0.1) is 0 Å². The first-order valence-electron chi connectivity index (χ1n) is 7.94. The SMILES string of the molecule is COC1(c2noc(-c3ccc(CNC(C)=O)cc3)n2)CCOCC1. The van der Waals surface area contributed by atoms with Crippen LogP contribution in [0.25, 0.3) is 11.5 Å². The Bertz CT molecular complexity index is 690. The summed E-state index contributed by atoms with van der Waals surface area (Å²) in [6.07, 6.45) is 1.41. The Balaban J connectivity index is 1.76. The summed E-state index contributed by atoms with van der Waals surface area (Å²) in [5, 5.41) is 6.88. The molecule has 24 heavy (non-hydrogen) atoms. The number of benzene rings is 1. The van der Waals surface area contributed by atoms with E-state index in [2.05, 4.69) is 15.5 Å². The van der Waals surface area contributed by atoms with E-state index in [-0.39, 0.29) is 5.91 Å². The Morgan fingerprint density at radius 1 is 1.29 bits per heavy atom. The Labute approximate surface area is 140 Å². The molecule has 128 valence electrons. The van der Waals surface area contributed by atoms with Crippen molar-refractivity contribution >= 4 is 5.91 Å². The smallest absolute Gasteiger partial charge is 0.258 e. The molecule has 2 heterocycles. The number of hydrogen-bond donors (Lipinski definition) is 1. The zero-order valence-corrected chi connectivity index (χ0v) is 13.9. The van der Waals surface area contributed by atoms with Crippen molar-refractivity contribution in [2.45, 2.75) is 31.9 Å². The van der Waals surface area contributed by atoms with Crippen molar-refractivity contribution in [1.29, 1.82) is 0 Å². The van der Waals surface area contributed by atoms with Gasteiger partial charge in [-0.1, -0.05) is 17.3 Å². The lowest BCUT2D eigenvalue weighted by atomic mass is 9.93. The molecule has 3 rings (SSSR count). The van der Waals surface area contributed by atoms with E-state index in [0.29, 0.717) is 44.3 Å². The lowest BCUT2D eigenvalue weighted by molar-refractivity contribution is -0.119. The summed E-state index contributed by atoms with van der Waals surface area (Å²) in [5.41, 5.74) is 1.30. The molecule has 0 aliphatic carbocycles. The normalized spacial score (nSPS) is 16.8. The fourth-order valence-corrected chi connectivity index (χ4v) is 2.74. The predicted molar refractivity (Wildman–Crippen MR) is 86.0 cm³/mol. The largest absolute Gasteiger partial charge is 0.381 e. The van der Waals surface area contributed by atoms with Crippen LogP contribution in [0.2, 0.25) is 0 Å². The molecule has 0 bridgehead atoms. The average molecular weight is 331 g/mol. The molecule has 2 aromatic rings. The number of hydrogen-bond acceptors (Lipinski definition) is 6. The summed E-state index contributed by atoms with van der Waals surface area (Å²) < 4.78 is 16.5. The fraction of sp³-hybridized carbons (Fsp3) is 0.471. The van der Waals surface area contributed by atoms with E-state index in [1.54, 1.807) is 7.11 Å².